The van der Waals surface area contributed by atoms with Gasteiger partial charge in [0.1, 0.15) is 0 Å². The summed E-state index contributed by atoms with van der Waals surface area (Å²) in [5, 5.41) is 3.32. The van der Waals surface area contributed by atoms with Crippen molar-refractivity contribution >= 4 is 10.0 Å². The average Bonchev–Trinajstić information content (AvgIpc) is 2.80. The molecule has 0 spiro atoms. The van der Waals surface area contributed by atoms with Gasteiger partial charge in [0.2, 0.25) is 10.0 Å². The lowest BCUT2D eigenvalue weighted by Gasteiger charge is -2.34. The van der Waals surface area contributed by atoms with Gasteiger partial charge in [0.05, 0.1) is 5.75 Å². The smallest absolute Gasteiger partial charge is 0.211 e. The summed E-state index contributed by atoms with van der Waals surface area (Å²) < 4.78 is 26.9. The van der Waals surface area contributed by atoms with E-state index >= 15 is 0 Å². The molecule has 1 saturated heterocycles. The topological polar surface area (TPSA) is 58.2 Å². The van der Waals surface area contributed by atoms with Crippen molar-refractivity contribution in [3.8, 4) is 0 Å². The Labute approximate surface area is 111 Å². The van der Waals surface area contributed by atoms with Gasteiger partial charge >= 0.3 is 0 Å². The Balaban J connectivity index is 1.80. The van der Waals surface area contributed by atoms with E-state index < -0.39 is 10.0 Å². The van der Waals surface area contributed by atoms with Gasteiger partial charge in [-0.05, 0) is 50.1 Å². The highest BCUT2D eigenvalue weighted by atomic mass is 32.2. The number of nitrogens with one attached hydrogen (secondary N) is 2. The predicted octanol–water partition coefficient (Wildman–Crippen LogP) is 1.49. The third-order valence-corrected chi connectivity index (χ3v) is 5.95. The van der Waals surface area contributed by atoms with Crippen LogP contribution in [0.5, 0.6) is 0 Å². The lowest BCUT2D eigenvalue weighted by atomic mass is 9.81. The molecule has 18 heavy (non-hydrogen) atoms. The molecule has 0 radical (unpaired) electrons. The van der Waals surface area contributed by atoms with Crippen molar-refractivity contribution in [2.24, 2.45) is 11.3 Å². The number of piperidine rings is 1. The molecule has 2 N–H and O–H groups in total. The summed E-state index contributed by atoms with van der Waals surface area (Å²) in [5.41, 5.74) is 0.133. The maximum atomic E-state index is 12.0. The van der Waals surface area contributed by atoms with Crippen molar-refractivity contribution in [1.82, 2.24) is 10.0 Å². The Morgan fingerprint density at radius 3 is 2.44 bits per heavy atom. The molecular formula is C13H26N2O2S. The Morgan fingerprint density at radius 1 is 1.22 bits per heavy atom. The van der Waals surface area contributed by atoms with Crippen LogP contribution in [0, 0.1) is 11.3 Å². The van der Waals surface area contributed by atoms with Crippen molar-refractivity contribution in [3.63, 3.8) is 0 Å². The normalized spacial score (nSPS) is 25.4. The quantitative estimate of drug-likeness (QED) is 0.798. The zero-order chi connectivity index (χ0) is 13.1. The van der Waals surface area contributed by atoms with Crippen LogP contribution in [0.15, 0.2) is 0 Å². The molecule has 2 aliphatic rings. The van der Waals surface area contributed by atoms with Gasteiger partial charge in [0, 0.05) is 6.54 Å². The molecular weight excluding hydrogens is 248 g/mol. The summed E-state index contributed by atoms with van der Waals surface area (Å²) in [7, 11) is -3.07. The molecule has 0 atom stereocenters. The first-order valence-corrected chi connectivity index (χ1v) is 8.82. The third kappa shape index (κ3) is 4.21. The molecule has 1 aliphatic heterocycles. The van der Waals surface area contributed by atoms with Gasteiger partial charge in [-0.15, -0.1) is 0 Å². The second-order valence-corrected chi connectivity index (χ2v) is 8.17. The fourth-order valence-corrected chi connectivity index (χ4v) is 4.68. The molecule has 1 heterocycles. The lowest BCUT2D eigenvalue weighted by Crippen LogP contribution is -2.43. The van der Waals surface area contributed by atoms with Crippen LogP contribution in [0.2, 0.25) is 0 Å². The minimum Gasteiger partial charge on any atom is -0.317 e. The maximum absolute atomic E-state index is 12.0. The molecule has 0 amide bonds. The van der Waals surface area contributed by atoms with E-state index in [1.807, 2.05) is 0 Å². The molecule has 106 valence electrons. The van der Waals surface area contributed by atoms with Gasteiger partial charge in [-0.25, -0.2) is 13.1 Å². The summed E-state index contributed by atoms with van der Waals surface area (Å²) >= 11 is 0. The summed E-state index contributed by atoms with van der Waals surface area (Å²) in [6, 6.07) is 0. The van der Waals surface area contributed by atoms with Crippen LogP contribution in [0.4, 0.5) is 0 Å². The summed E-state index contributed by atoms with van der Waals surface area (Å²) in [6.45, 7) is 4.79. The molecule has 0 aromatic heterocycles. The van der Waals surface area contributed by atoms with Gasteiger partial charge in [-0.2, -0.15) is 0 Å². The van der Waals surface area contributed by atoms with Crippen molar-refractivity contribution in [2.45, 2.75) is 45.4 Å². The molecule has 0 bridgehead atoms. The highest BCUT2D eigenvalue weighted by Gasteiger charge is 2.29. The van der Waals surface area contributed by atoms with Crippen molar-refractivity contribution in [1.29, 1.82) is 0 Å². The van der Waals surface area contributed by atoms with Crippen LogP contribution in [-0.4, -0.2) is 33.8 Å². The van der Waals surface area contributed by atoms with E-state index in [2.05, 4.69) is 17.0 Å². The van der Waals surface area contributed by atoms with E-state index in [-0.39, 0.29) is 5.41 Å². The molecule has 4 nitrogen and oxygen atoms in total. The number of sulfonamides is 1. The summed E-state index contributed by atoms with van der Waals surface area (Å²) in [6.07, 6.45) is 6.68. The van der Waals surface area contributed by atoms with Crippen molar-refractivity contribution < 1.29 is 8.42 Å². The van der Waals surface area contributed by atoms with E-state index in [0.29, 0.717) is 18.2 Å². The van der Waals surface area contributed by atoms with Crippen molar-refractivity contribution in [3.05, 3.63) is 0 Å². The molecule has 0 unspecified atom stereocenters. The van der Waals surface area contributed by atoms with E-state index in [4.69, 9.17) is 0 Å². The second kappa shape index (κ2) is 5.88. The fraction of sp³-hybridized carbons (Fsp3) is 1.00. The van der Waals surface area contributed by atoms with Crippen LogP contribution in [0.3, 0.4) is 0 Å². The van der Waals surface area contributed by atoms with E-state index in [9.17, 15) is 8.42 Å². The average molecular weight is 274 g/mol. The minimum absolute atomic E-state index is 0.133. The SMILES string of the molecule is CC1(CNS(=O)(=O)CC2CCCC2)CCNCC1. The predicted molar refractivity (Wildman–Crippen MR) is 74.0 cm³/mol. The highest BCUT2D eigenvalue weighted by molar-refractivity contribution is 7.89. The Bertz CT molecular complexity index is 355. The first-order chi connectivity index (χ1) is 8.49. The van der Waals surface area contributed by atoms with Crippen LogP contribution in [0.25, 0.3) is 0 Å². The first kappa shape index (κ1) is 14.3. The maximum Gasteiger partial charge on any atom is 0.211 e. The fourth-order valence-electron chi connectivity index (χ4n) is 3.04. The molecule has 1 saturated carbocycles. The minimum atomic E-state index is -3.07. The molecule has 2 fully saturated rings. The molecule has 0 aromatic rings. The van der Waals surface area contributed by atoms with Gasteiger partial charge in [0.25, 0.3) is 0 Å². The van der Waals surface area contributed by atoms with Crippen LogP contribution >= 0.6 is 0 Å². The van der Waals surface area contributed by atoms with E-state index in [1.165, 1.54) is 12.8 Å². The third-order valence-electron chi connectivity index (χ3n) is 4.46. The van der Waals surface area contributed by atoms with Crippen LogP contribution in [0.1, 0.15) is 45.4 Å². The molecule has 5 heteroatoms. The Morgan fingerprint density at radius 2 is 1.83 bits per heavy atom. The zero-order valence-corrected chi connectivity index (χ0v) is 12.2. The molecule has 0 aromatic carbocycles. The standard InChI is InChI=1S/C13H26N2O2S/c1-13(6-8-14-9-7-13)11-15-18(16,17)10-12-4-2-3-5-12/h12,14-15H,2-11H2,1H3. The van der Waals surface area contributed by atoms with Gasteiger partial charge in [-0.3, -0.25) is 0 Å². The number of rotatable bonds is 5. The highest BCUT2D eigenvalue weighted by Crippen LogP contribution is 2.28. The summed E-state index contributed by atoms with van der Waals surface area (Å²) in [4.78, 5) is 0. The lowest BCUT2D eigenvalue weighted by molar-refractivity contribution is 0.232. The first-order valence-electron chi connectivity index (χ1n) is 7.17. The van der Waals surface area contributed by atoms with Crippen LogP contribution < -0.4 is 10.0 Å². The Kier molecular flexibility index (Phi) is 4.67. The van der Waals surface area contributed by atoms with E-state index in [0.717, 1.165) is 38.8 Å². The van der Waals surface area contributed by atoms with Crippen LogP contribution in [-0.2, 0) is 10.0 Å². The second-order valence-electron chi connectivity index (χ2n) is 6.31. The van der Waals surface area contributed by atoms with Gasteiger partial charge in [-0.1, -0.05) is 19.8 Å². The molecule has 1 aliphatic carbocycles. The monoisotopic (exact) mass is 274 g/mol. The van der Waals surface area contributed by atoms with Gasteiger partial charge in [0.15, 0.2) is 0 Å². The van der Waals surface area contributed by atoms with Gasteiger partial charge < -0.3 is 5.32 Å². The number of hydrogen-bond acceptors (Lipinski definition) is 3. The van der Waals surface area contributed by atoms with E-state index in [1.54, 1.807) is 0 Å². The Hall–Kier alpha value is -0.130. The number of hydrogen-bond donors (Lipinski definition) is 2. The molecule has 2 rings (SSSR count). The summed E-state index contributed by atoms with van der Waals surface area (Å²) in [5.74, 6) is 0.727. The zero-order valence-electron chi connectivity index (χ0n) is 11.4. The van der Waals surface area contributed by atoms with Crippen molar-refractivity contribution in [2.75, 3.05) is 25.4 Å². The largest absolute Gasteiger partial charge is 0.317 e.